The van der Waals surface area contributed by atoms with E-state index < -0.39 is 6.10 Å². The van der Waals surface area contributed by atoms with Crippen molar-refractivity contribution in [2.24, 2.45) is 0 Å². The zero-order valence-corrected chi connectivity index (χ0v) is 13.1. The SMILES string of the molecule is COc1cc(C(=O)C(C)Oc2cccc(Cl)c2)ccc1Cl. The standard InChI is InChI=1S/C16H14Cl2O3/c1-10(21-13-5-3-4-12(17)9-13)16(19)11-6-7-14(18)15(8-11)20-2/h3-10H,1-2H3. The molecular weight excluding hydrogens is 311 g/mol. The summed E-state index contributed by atoms with van der Waals surface area (Å²) in [6.45, 7) is 1.68. The lowest BCUT2D eigenvalue weighted by Crippen LogP contribution is -2.23. The molecule has 2 aromatic rings. The molecule has 21 heavy (non-hydrogen) atoms. The van der Waals surface area contributed by atoms with Gasteiger partial charge in [0.05, 0.1) is 12.1 Å². The van der Waals surface area contributed by atoms with Gasteiger partial charge >= 0.3 is 0 Å². The molecule has 1 atom stereocenters. The Labute approximate surface area is 133 Å². The van der Waals surface area contributed by atoms with Crippen molar-refractivity contribution in [3.05, 3.63) is 58.1 Å². The van der Waals surface area contributed by atoms with Gasteiger partial charge in [-0.2, -0.15) is 0 Å². The highest BCUT2D eigenvalue weighted by Gasteiger charge is 2.18. The molecule has 0 amide bonds. The minimum absolute atomic E-state index is 0.162. The highest BCUT2D eigenvalue weighted by molar-refractivity contribution is 6.32. The van der Waals surface area contributed by atoms with Crippen LogP contribution in [0.1, 0.15) is 17.3 Å². The van der Waals surface area contributed by atoms with Gasteiger partial charge in [0.2, 0.25) is 5.78 Å². The summed E-state index contributed by atoms with van der Waals surface area (Å²) in [6, 6.07) is 11.8. The number of hydrogen-bond donors (Lipinski definition) is 0. The number of rotatable bonds is 5. The third kappa shape index (κ3) is 3.90. The van der Waals surface area contributed by atoms with Gasteiger partial charge in [0.15, 0.2) is 6.10 Å². The molecule has 0 aliphatic carbocycles. The smallest absolute Gasteiger partial charge is 0.203 e. The molecule has 2 aromatic carbocycles. The van der Waals surface area contributed by atoms with E-state index in [1.54, 1.807) is 49.4 Å². The first-order chi connectivity index (χ1) is 10.0. The Hall–Kier alpha value is -1.71. The van der Waals surface area contributed by atoms with E-state index in [4.69, 9.17) is 32.7 Å². The number of halogens is 2. The van der Waals surface area contributed by atoms with E-state index in [2.05, 4.69) is 0 Å². The fourth-order valence-corrected chi connectivity index (χ4v) is 2.22. The molecule has 3 nitrogen and oxygen atoms in total. The zero-order valence-electron chi connectivity index (χ0n) is 11.6. The number of carbonyl (C=O) groups excluding carboxylic acids is 1. The minimum Gasteiger partial charge on any atom is -0.495 e. The first-order valence-electron chi connectivity index (χ1n) is 6.31. The van der Waals surface area contributed by atoms with Crippen molar-refractivity contribution in [2.75, 3.05) is 7.11 Å². The van der Waals surface area contributed by atoms with E-state index in [9.17, 15) is 4.79 Å². The summed E-state index contributed by atoms with van der Waals surface area (Å²) in [7, 11) is 1.50. The quantitative estimate of drug-likeness (QED) is 0.751. The van der Waals surface area contributed by atoms with Crippen LogP contribution in [-0.4, -0.2) is 19.0 Å². The lowest BCUT2D eigenvalue weighted by Gasteiger charge is -2.14. The van der Waals surface area contributed by atoms with Gasteiger partial charge in [-0.15, -0.1) is 0 Å². The fraction of sp³-hybridized carbons (Fsp3) is 0.188. The molecule has 0 saturated heterocycles. The monoisotopic (exact) mass is 324 g/mol. The predicted octanol–water partition coefficient (Wildman–Crippen LogP) is 4.65. The second kappa shape index (κ2) is 6.83. The Morgan fingerprint density at radius 2 is 1.90 bits per heavy atom. The molecule has 0 aliphatic rings. The first-order valence-corrected chi connectivity index (χ1v) is 7.07. The van der Waals surface area contributed by atoms with Gasteiger partial charge in [-0.3, -0.25) is 4.79 Å². The van der Waals surface area contributed by atoms with Gasteiger partial charge in [0.25, 0.3) is 0 Å². The Morgan fingerprint density at radius 3 is 2.57 bits per heavy atom. The lowest BCUT2D eigenvalue weighted by molar-refractivity contribution is 0.0818. The Kier molecular flexibility index (Phi) is 5.10. The number of ether oxygens (including phenoxy) is 2. The van der Waals surface area contributed by atoms with Crippen molar-refractivity contribution in [2.45, 2.75) is 13.0 Å². The molecule has 0 N–H and O–H groups in total. The summed E-state index contributed by atoms with van der Waals surface area (Å²) in [5.74, 6) is 0.840. The highest BCUT2D eigenvalue weighted by Crippen LogP contribution is 2.26. The van der Waals surface area contributed by atoms with E-state index in [0.717, 1.165) is 0 Å². The van der Waals surface area contributed by atoms with Crippen LogP contribution in [0.2, 0.25) is 10.0 Å². The van der Waals surface area contributed by atoms with Gasteiger partial charge in [-0.25, -0.2) is 0 Å². The summed E-state index contributed by atoms with van der Waals surface area (Å²) in [6.07, 6.45) is -0.644. The van der Waals surface area contributed by atoms with Crippen LogP contribution in [0.4, 0.5) is 0 Å². The second-order valence-corrected chi connectivity index (χ2v) is 5.27. The molecule has 110 valence electrons. The van der Waals surface area contributed by atoms with Crippen LogP contribution in [0.5, 0.6) is 11.5 Å². The van der Waals surface area contributed by atoms with Crippen LogP contribution in [0, 0.1) is 0 Å². The third-order valence-electron chi connectivity index (χ3n) is 2.91. The molecule has 0 saturated carbocycles. The van der Waals surface area contributed by atoms with Crippen LogP contribution in [0.25, 0.3) is 0 Å². The predicted molar refractivity (Wildman–Crippen MR) is 83.9 cm³/mol. The molecule has 0 spiro atoms. The molecule has 0 aromatic heterocycles. The van der Waals surface area contributed by atoms with Crippen LogP contribution < -0.4 is 9.47 Å². The highest BCUT2D eigenvalue weighted by atomic mass is 35.5. The molecule has 2 rings (SSSR count). The summed E-state index contributed by atoms with van der Waals surface area (Å²) < 4.78 is 10.7. The molecule has 0 fully saturated rings. The third-order valence-corrected chi connectivity index (χ3v) is 3.46. The maximum atomic E-state index is 12.4. The Bertz CT molecular complexity index is 656. The van der Waals surface area contributed by atoms with E-state index in [1.807, 2.05) is 0 Å². The lowest BCUT2D eigenvalue weighted by atomic mass is 10.1. The average molecular weight is 325 g/mol. The van der Waals surface area contributed by atoms with E-state index in [-0.39, 0.29) is 5.78 Å². The molecular formula is C16H14Cl2O3. The van der Waals surface area contributed by atoms with Crippen molar-refractivity contribution in [3.63, 3.8) is 0 Å². The summed E-state index contributed by atoms with van der Waals surface area (Å²) in [5.41, 5.74) is 0.478. The zero-order chi connectivity index (χ0) is 15.4. The Balaban J connectivity index is 2.15. The van der Waals surface area contributed by atoms with Crippen molar-refractivity contribution in [1.29, 1.82) is 0 Å². The number of methoxy groups -OCH3 is 1. The summed E-state index contributed by atoms with van der Waals surface area (Å²) in [5, 5.41) is 1.01. The molecule has 0 radical (unpaired) electrons. The summed E-state index contributed by atoms with van der Waals surface area (Å²) in [4.78, 5) is 12.4. The number of carbonyl (C=O) groups is 1. The van der Waals surface area contributed by atoms with Crippen molar-refractivity contribution >= 4 is 29.0 Å². The van der Waals surface area contributed by atoms with Crippen molar-refractivity contribution in [3.8, 4) is 11.5 Å². The van der Waals surface area contributed by atoms with Gasteiger partial charge in [0.1, 0.15) is 11.5 Å². The van der Waals surface area contributed by atoms with Gasteiger partial charge in [-0.05, 0) is 43.3 Å². The van der Waals surface area contributed by atoms with E-state index in [1.165, 1.54) is 7.11 Å². The maximum absolute atomic E-state index is 12.4. The molecule has 1 unspecified atom stereocenters. The topological polar surface area (TPSA) is 35.5 Å². The minimum atomic E-state index is -0.644. The van der Waals surface area contributed by atoms with Gasteiger partial charge < -0.3 is 9.47 Å². The first kappa shape index (κ1) is 15.7. The number of hydrogen-bond acceptors (Lipinski definition) is 3. The van der Waals surface area contributed by atoms with Gasteiger partial charge in [-0.1, -0.05) is 29.3 Å². The molecule has 0 bridgehead atoms. The number of ketones is 1. The van der Waals surface area contributed by atoms with Crippen LogP contribution in [0.3, 0.4) is 0 Å². The normalized spacial score (nSPS) is 11.8. The van der Waals surface area contributed by atoms with E-state index in [0.29, 0.717) is 27.1 Å². The van der Waals surface area contributed by atoms with Crippen LogP contribution in [-0.2, 0) is 0 Å². The fourth-order valence-electron chi connectivity index (χ4n) is 1.85. The molecule has 5 heteroatoms. The van der Waals surface area contributed by atoms with Crippen LogP contribution in [0.15, 0.2) is 42.5 Å². The van der Waals surface area contributed by atoms with Crippen molar-refractivity contribution in [1.82, 2.24) is 0 Å². The van der Waals surface area contributed by atoms with E-state index >= 15 is 0 Å². The molecule has 0 heterocycles. The van der Waals surface area contributed by atoms with Crippen molar-refractivity contribution < 1.29 is 14.3 Å². The maximum Gasteiger partial charge on any atom is 0.203 e. The van der Waals surface area contributed by atoms with Gasteiger partial charge in [0, 0.05) is 10.6 Å². The van der Waals surface area contributed by atoms with Crippen LogP contribution >= 0.6 is 23.2 Å². The number of benzene rings is 2. The average Bonchev–Trinajstić information content (AvgIpc) is 2.47. The Morgan fingerprint density at radius 1 is 1.14 bits per heavy atom. The molecule has 0 aliphatic heterocycles. The summed E-state index contributed by atoms with van der Waals surface area (Å²) >= 11 is 11.8. The second-order valence-electron chi connectivity index (χ2n) is 4.43. The largest absolute Gasteiger partial charge is 0.495 e. The number of Topliss-reactive ketones (excluding diaryl/α,β-unsaturated/α-hetero) is 1.